The second-order valence-corrected chi connectivity index (χ2v) is 7.86. The second-order valence-electron chi connectivity index (χ2n) is 6.98. The van der Waals surface area contributed by atoms with E-state index in [4.69, 9.17) is 34.8 Å². The molecule has 4 nitrogen and oxygen atoms in total. The van der Waals surface area contributed by atoms with E-state index >= 15 is 0 Å². The first-order chi connectivity index (χ1) is 13.8. The van der Waals surface area contributed by atoms with Crippen LogP contribution < -0.4 is 5.32 Å². The summed E-state index contributed by atoms with van der Waals surface area (Å²) >= 11 is 16.5. The Bertz CT molecular complexity index is 922. The Hall–Kier alpha value is -2.06. The van der Waals surface area contributed by atoms with E-state index in [1.165, 1.54) is 0 Å². The quantitative estimate of drug-likeness (QED) is 0.455. The van der Waals surface area contributed by atoms with Gasteiger partial charge in [0.05, 0.1) is 6.07 Å². The van der Waals surface area contributed by atoms with Crippen LogP contribution in [-0.4, -0.2) is 16.7 Å². The first kappa shape index (κ1) is 23.2. The van der Waals surface area contributed by atoms with Crippen molar-refractivity contribution in [1.82, 2.24) is 5.32 Å². The molecule has 1 amide bonds. The summed E-state index contributed by atoms with van der Waals surface area (Å²) in [5.74, 6) is 0.845. The van der Waals surface area contributed by atoms with Crippen LogP contribution in [0, 0.1) is 17.2 Å². The Morgan fingerprint density at radius 1 is 1.07 bits per heavy atom. The van der Waals surface area contributed by atoms with Crippen LogP contribution in [0.15, 0.2) is 48.5 Å². The van der Waals surface area contributed by atoms with Gasteiger partial charge in [0.15, 0.2) is 0 Å². The van der Waals surface area contributed by atoms with Crippen molar-refractivity contribution in [3.05, 3.63) is 70.8 Å². The van der Waals surface area contributed by atoms with Crippen molar-refractivity contribution < 1.29 is 9.59 Å². The lowest BCUT2D eigenvalue weighted by Crippen LogP contribution is -2.46. The van der Waals surface area contributed by atoms with Gasteiger partial charge in [-0.25, -0.2) is 0 Å². The number of hydrogen-bond acceptors (Lipinski definition) is 3. The SMILES string of the molecule is CC(C#N)(NC(=O)c1cccc(CCl)c1)C1CC1.O=C(Cl)c1cccc(CCl)c1. The zero-order valence-corrected chi connectivity index (χ0v) is 18.2. The molecule has 0 saturated heterocycles. The van der Waals surface area contributed by atoms with Gasteiger partial charge in [-0.15, -0.1) is 23.2 Å². The third-order valence-electron chi connectivity index (χ3n) is 4.65. The number of hydrogen-bond donors (Lipinski definition) is 1. The van der Waals surface area contributed by atoms with E-state index in [9.17, 15) is 14.9 Å². The third kappa shape index (κ3) is 6.75. The second kappa shape index (κ2) is 10.6. The fourth-order valence-electron chi connectivity index (χ4n) is 2.76. The zero-order valence-electron chi connectivity index (χ0n) is 15.9. The Balaban J connectivity index is 0.000000234. The van der Waals surface area contributed by atoms with E-state index in [2.05, 4.69) is 11.4 Å². The molecule has 1 N–H and O–H groups in total. The van der Waals surface area contributed by atoms with Gasteiger partial charge in [0.1, 0.15) is 5.54 Å². The van der Waals surface area contributed by atoms with Crippen LogP contribution in [-0.2, 0) is 11.8 Å². The van der Waals surface area contributed by atoms with Gasteiger partial charge in [-0.05, 0) is 66.6 Å². The molecule has 1 unspecified atom stereocenters. The van der Waals surface area contributed by atoms with Crippen molar-refractivity contribution in [2.45, 2.75) is 37.1 Å². The maximum atomic E-state index is 12.1. The number of halogens is 3. The lowest BCUT2D eigenvalue weighted by molar-refractivity contribution is 0.0916. The molecule has 1 fully saturated rings. The van der Waals surface area contributed by atoms with Gasteiger partial charge in [-0.1, -0.05) is 30.3 Å². The number of alkyl halides is 2. The molecule has 0 heterocycles. The largest absolute Gasteiger partial charge is 0.334 e. The molecule has 29 heavy (non-hydrogen) atoms. The minimum absolute atomic E-state index is 0.210. The van der Waals surface area contributed by atoms with Crippen molar-refractivity contribution in [3.8, 4) is 6.07 Å². The summed E-state index contributed by atoms with van der Waals surface area (Å²) in [6.45, 7) is 1.79. The fourth-order valence-corrected chi connectivity index (χ4v) is 3.21. The summed E-state index contributed by atoms with van der Waals surface area (Å²) in [6.07, 6.45) is 2.01. The molecule has 2 aromatic carbocycles. The normalized spacial score (nSPS) is 14.6. The van der Waals surface area contributed by atoms with Gasteiger partial charge in [0.25, 0.3) is 11.1 Å². The van der Waals surface area contributed by atoms with Crippen LogP contribution in [0.1, 0.15) is 51.6 Å². The predicted octanol–water partition coefficient (Wildman–Crippen LogP) is 5.65. The standard InChI is InChI=1S/C14H15ClN2O.C8H6Cl2O/c1-14(9-16,12-5-6-12)17-13(18)11-4-2-3-10(7-11)8-15;9-5-6-2-1-3-7(4-6)8(10)11/h2-4,7,12H,5-6,8H2,1H3,(H,17,18);1-4H,5H2. The average molecular weight is 452 g/mol. The molecular weight excluding hydrogens is 431 g/mol. The topological polar surface area (TPSA) is 70.0 Å². The molecule has 0 spiro atoms. The molecule has 7 heteroatoms. The van der Waals surface area contributed by atoms with Crippen LogP contribution in [0.3, 0.4) is 0 Å². The number of carbonyl (C=O) groups is 2. The number of amides is 1. The molecule has 0 radical (unpaired) electrons. The number of carbonyl (C=O) groups excluding carboxylic acids is 2. The van der Waals surface area contributed by atoms with Gasteiger partial charge >= 0.3 is 0 Å². The van der Waals surface area contributed by atoms with Crippen molar-refractivity contribution in [1.29, 1.82) is 5.26 Å². The van der Waals surface area contributed by atoms with E-state index in [0.717, 1.165) is 24.0 Å². The molecule has 0 aliphatic heterocycles. The summed E-state index contributed by atoms with van der Waals surface area (Å²) in [5.41, 5.74) is 2.08. The Kier molecular flexibility index (Phi) is 8.52. The van der Waals surface area contributed by atoms with Crippen molar-refractivity contribution in [2.24, 2.45) is 5.92 Å². The zero-order chi connectivity index (χ0) is 21.4. The number of nitrogens with zero attached hydrogens (tertiary/aromatic N) is 1. The smallest absolute Gasteiger partial charge is 0.252 e. The summed E-state index contributed by atoms with van der Waals surface area (Å²) in [4.78, 5) is 22.8. The summed E-state index contributed by atoms with van der Waals surface area (Å²) in [6, 6.07) is 16.3. The molecule has 1 atom stereocenters. The van der Waals surface area contributed by atoms with Crippen LogP contribution in [0.25, 0.3) is 0 Å². The van der Waals surface area contributed by atoms with E-state index in [0.29, 0.717) is 22.9 Å². The summed E-state index contributed by atoms with van der Waals surface area (Å²) in [7, 11) is 0. The molecule has 0 bridgehead atoms. The molecule has 152 valence electrons. The van der Waals surface area contributed by atoms with Crippen molar-refractivity contribution in [3.63, 3.8) is 0 Å². The van der Waals surface area contributed by atoms with Crippen LogP contribution >= 0.6 is 34.8 Å². The van der Waals surface area contributed by atoms with Crippen LogP contribution in [0.5, 0.6) is 0 Å². The average Bonchev–Trinajstić information content (AvgIpc) is 3.60. The molecule has 3 rings (SSSR count). The molecule has 2 aromatic rings. The molecular formula is C22H21Cl3N2O2. The maximum absolute atomic E-state index is 12.1. The minimum atomic E-state index is -0.756. The third-order valence-corrected chi connectivity index (χ3v) is 5.49. The maximum Gasteiger partial charge on any atom is 0.252 e. The Morgan fingerprint density at radius 3 is 2.03 bits per heavy atom. The van der Waals surface area contributed by atoms with Crippen molar-refractivity contribution in [2.75, 3.05) is 0 Å². The number of nitriles is 1. The van der Waals surface area contributed by atoms with Crippen LogP contribution in [0.4, 0.5) is 0 Å². The lowest BCUT2D eigenvalue weighted by atomic mass is 9.97. The Labute approximate surface area is 185 Å². The highest BCUT2D eigenvalue weighted by molar-refractivity contribution is 6.67. The Morgan fingerprint density at radius 2 is 1.59 bits per heavy atom. The van der Waals surface area contributed by atoms with E-state index in [1.807, 2.05) is 12.1 Å². The monoisotopic (exact) mass is 450 g/mol. The summed E-state index contributed by atoms with van der Waals surface area (Å²) in [5, 5.41) is 11.6. The molecule has 0 aromatic heterocycles. The summed E-state index contributed by atoms with van der Waals surface area (Å²) < 4.78 is 0. The van der Waals surface area contributed by atoms with Gasteiger partial charge in [0.2, 0.25) is 0 Å². The highest BCUT2D eigenvalue weighted by Gasteiger charge is 2.43. The number of rotatable bonds is 6. The minimum Gasteiger partial charge on any atom is -0.334 e. The molecule has 1 aliphatic carbocycles. The van der Waals surface area contributed by atoms with E-state index < -0.39 is 10.8 Å². The predicted molar refractivity (Wildman–Crippen MR) is 116 cm³/mol. The van der Waals surface area contributed by atoms with Gasteiger partial charge in [-0.3, -0.25) is 9.59 Å². The van der Waals surface area contributed by atoms with Gasteiger partial charge in [0, 0.05) is 22.9 Å². The van der Waals surface area contributed by atoms with E-state index in [-0.39, 0.29) is 11.8 Å². The highest BCUT2D eigenvalue weighted by Crippen LogP contribution is 2.39. The van der Waals surface area contributed by atoms with Gasteiger partial charge < -0.3 is 5.32 Å². The molecule has 1 saturated carbocycles. The first-order valence-electron chi connectivity index (χ1n) is 9.06. The van der Waals surface area contributed by atoms with E-state index in [1.54, 1.807) is 43.3 Å². The lowest BCUT2D eigenvalue weighted by Gasteiger charge is -2.22. The van der Waals surface area contributed by atoms with Crippen LogP contribution in [0.2, 0.25) is 0 Å². The first-order valence-corrected chi connectivity index (χ1v) is 10.5. The molecule has 1 aliphatic rings. The fraction of sp³-hybridized carbons (Fsp3) is 0.318. The van der Waals surface area contributed by atoms with Crippen molar-refractivity contribution >= 4 is 46.0 Å². The highest BCUT2D eigenvalue weighted by atomic mass is 35.5. The number of benzene rings is 2. The number of nitrogens with one attached hydrogen (secondary N) is 1. The van der Waals surface area contributed by atoms with Gasteiger partial charge in [-0.2, -0.15) is 5.26 Å².